The van der Waals surface area contributed by atoms with E-state index in [1.54, 1.807) is 0 Å². The number of nitrogens with one attached hydrogen (secondary N) is 1. The van der Waals surface area contributed by atoms with Crippen LogP contribution in [0.2, 0.25) is 0 Å². The number of piperidine rings is 1. The molecule has 0 aliphatic carbocycles. The van der Waals surface area contributed by atoms with E-state index < -0.39 is 0 Å². The molecule has 0 saturated carbocycles. The second-order valence-electron chi connectivity index (χ2n) is 7.59. The Hall–Kier alpha value is -2.13. The van der Waals surface area contributed by atoms with Gasteiger partial charge in [0.1, 0.15) is 0 Å². The van der Waals surface area contributed by atoms with E-state index in [-0.39, 0.29) is 11.8 Å². The second kappa shape index (κ2) is 9.00. The molecule has 26 heavy (non-hydrogen) atoms. The predicted octanol–water partition coefficient (Wildman–Crippen LogP) is 4.13. The van der Waals surface area contributed by atoms with E-state index in [1.165, 1.54) is 16.7 Å². The largest absolute Gasteiger partial charge is 0.355 e. The average molecular weight is 351 g/mol. The molecule has 1 fully saturated rings. The van der Waals surface area contributed by atoms with Crippen LogP contribution in [0.1, 0.15) is 42.4 Å². The quantitative estimate of drug-likeness (QED) is 0.850. The van der Waals surface area contributed by atoms with E-state index in [4.69, 9.17) is 0 Å². The van der Waals surface area contributed by atoms with Gasteiger partial charge in [0.25, 0.3) is 0 Å². The topological polar surface area (TPSA) is 32.3 Å². The molecule has 0 spiro atoms. The highest BCUT2D eigenvalue weighted by Gasteiger charge is 2.25. The molecule has 1 N–H and O–H groups in total. The number of nitrogens with zero attached hydrogens (tertiary/aromatic N) is 1. The highest BCUT2D eigenvalue weighted by Crippen LogP contribution is 2.20. The Kier molecular flexibility index (Phi) is 6.45. The zero-order valence-electron chi connectivity index (χ0n) is 15.9. The van der Waals surface area contributed by atoms with Crippen molar-refractivity contribution in [1.82, 2.24) is 10.2 Å². The Balaban J connectivity index is 1.41. The third-order valence-electron chi connectivity index (χ3n) is 5.44. The van der Waals surface area contributed by atoms with Gasteiger partial charge in [-0.2, -0.15) is 0 Å². The van der Waals surface area contributed by atoms with Gasteiger partial charge in [-0.25, -0.2) is 0 Å². The van der Waals surface area contributed by atoms with Crippen molar-refractivity contribution in [2.24, 2.45) is 5.92 Å². The minimum atomic E-state index is 0.159. The van der Waals surface area contributed by atoms with Gasteiger partial charge in [-0.1, -0.05) is 67.1 Å². The Morgan fingerprint density at radius 3 is 2.38 bits per heavy atom. The highest BCUT2D eigenvalue weighted by atomic mass is 16.1. The van der Waals surface area contributed by atoms with Gasteiger partial charge in [0.15, 0.2) is 0 Å². The number of rotatable bonds is 6. The third kappa shape index (κ3) is 5.18. The van der Waals surface area contributed by atoms with Crippen LogP contribution in [-0.2, 0) is 11.3 Å². The van der Waals surface area contributed by atoms with Gasteiger partial charge >= 0.3 is 0 Å². The Morgan fingerprint density at radius 2 is 1.73 bits per heavy atom. The maximum Gasteiger partial charge on any atom is 0.223 e. The van der Waals surface area contributed by atoms with Crippen LogP contribution >= 0.6 is 0 Å². The second-order valence-corrected chi connectivity index (χ2v) is 7.59. The number of hydrogen-bond donors (Lipinski definition) is 1. The zero-order chi connectivity index (χ0) is 18.4. The fraction of sp³-hybridized carbons (Fsp3) is 0.435. The smallest absolute Gasteiger partial charge is 0.223 e. The van der Waals surface area contributed by atoms with Crippen molar-refractivity contribution >= 4 is 5.91 Å². The number of likely N-dealkylation sites (tertiary alicyclic amines) is 1. The number of aryl methyl sites for hydroxylation is 1. The first-order valence-corrected chi connectivity index (χ1v) is 9.72. The number of carbonyl (C=O) groups is 1. The van der Waals surface area contributed by atoms with Crippen molar-refractivity contribution in [2.75, 3.05) is 19.6 Å². The normalized spacial score (nSPS) is 17.0. The molecule has 1 amide bonds. The van der Waals surface area contributed by atoms with Crippen LogP contribution in [0.25, 0.3) is 0 Å². The molecule has 0 unspecified atom stereocenters. The molecule has 138 valence electrons. The first-order chi connectivity index (χ1) is 12.6. The van der Waals surface area contributed by atoms with Crippen LogP contribution in [0.15, 0.2) is 54.6 Å². The van der Waals surface area contributed by atoms with Gasteiger partial charge in [0.2, 0.25) is 5.91 Å². The molecule has 0 radical (unpaired) electrons. The van der Waals surface area contributed by atoms with Gasteiger partial charge < -0.3 is 5.32 Å². The monoisotopic (exact) mass is 350 g/mol. The molecule has 1 heterocycles. The van der Waals surface area contributed by atoms with Crippen LogP contribution in [0, 0.1) is 12.8 Å². The van der Waals surface area contributed by atoms with Crippen molar-refractivity contribution in [3.8, 4) is 0 Å². The molecule has 1 saturated heterocycles. The molecule has 3 rings (SSSR count). The molecular formula is C23H30N2O. The summed E-state index contributed by atoms with van der Waals surface area (Å²) in [5, 5.41) is 3.16. The fourth-order valence-electron chi connectivity index (χ4n) is 3.60. The van der Waals surface area contributed by atoms with Crippen LogP contribution < -0.4 is 5.32 Å². The molecule has 3 heteroatoms. The summed E-state index contributed by atoms with van der Waals surface area (Å²) in [4.78, 5) is 15.0. The van der Waals surface area contributed by atoms with E-state index in [0.717, 1.165) is 32.5 Å². The summed E-state index contributed by atoms with van der Waals surface area (Å²) in [6.45, 7) is 7.98. The molecule has 0 aromatic heterocycles. The van der Waals surface area contributed by atoms with Gasteiger partial charge in [-0.3, -0.25) is 9.69 Å². The molecule has 3 nitrogen and oxygen atoms in total. The minimum absolute atomic E-state index is 0.159. The van der Waals surface area contributed by atoms with Crippen molar-refractivity contribution < 1.29 is 4.79 Å². The Morgan fingerprint density at radius 1 is 1.08 bits per heavy atom. The fourth-order valence-corrected chi connectivity index (χ4v) is 3.60. The summed E-state index contributed by atoms with van der Waals surface area (Å²) in [6, 6.07) is 19.1. The molecule has 1 aliphatic rings. The molecule has 2 aromatic carbocycles. The first kappa shape index (κ1) is 18.7. The van der Waals surface area contributed by atoms with Crippen LogP contribution in [-0.4, -0.2) is 30.4 Å². The van der Waals surface area contributed by atoms with Crippen LogP contribution in [0.3, 0.4) is 0 Å². The lowest BCUT2D eigenvalue weighted by Crippen LogP contribution is -2.41. The molecule has 2 aromatic rings. The number of amides is 1. The maximum absolute atomic E-state index is 12.5. The standard InChI is InChI=1S/C23H30N2O/c1-18-8-10-20(11-9-18)17-25-14-12-22(13-15-25)23(26)24-16-19(2)21-6-4-3-5-7-21/h3-11,19,22H,12-17H2,1-2H3,(H,24,26)/t19-/m1/s1. The lowest BCUT2D eigenvalue weighted by atomic mass is 9.95. The van der Waals surface area contributed by atoms with E-state index in [1.807, 2.05) is 6.07 Å². The molecule has 0 bridgehead atoms. The molecular weight excluding hydrogens is 320 g/mol. The minimum Gasteiger partial charge on any atom is -0.355 e. The molecule has 1 aliphatic heterocycles. The summed E-state index contributed by atoms with van der Waals surface area (Å²) in [7, 11) is 0. The van der Waals surface area contributed by atoms with E-state index in [2.05, 4.69) is 72.6 Å². The van der Waals surface area contributed by atoms with Crippen molar-refractivity contribution in [3.63, 3.8) is 0 Å². The summed E-state index contributed by atoms with van der Waals surface area (Å²) in [5.74, 6) is 0.733. The van der Waals surface area contributed by atoms with Gasteiger partial charge in [-0.05, 0) is 49.9 Å². The Bertz CT molecular complexity index is 688. The van der Waals surface area contributed by atoms with Crippen molar-refractivity contribution in [3.05, 3.63) is 71.3 Å². The summed E-state index contributed by atoms with van der Waals surface area (Å²) in [6.07, 6.45) is 1.91. The Labute approximate surface area is 157 Å². The van der Waals surface area contributed by atoms with Gasteiger partial charge in [-0.15, -0.1) is 0 Å². The van der Waals surface area contributed by atoms with Gasteiger partial charge in [0.05, 0.1) is 0 Å². The summed E-state index contributed by atoms with van der Waals surface area (Å²) < 4.78 is 0. The average Bonchev–Trinajstić information content (AvgIpc) is 2.69. The van der Waals surface area contributed by atoms with Crippen LogP contribution in [0.5, 0.6) is 0 Å². The predicted molar refractivity (Wildman–Crippen MR) is 107 cm³/mol. The van der Waals surface area contributed by atoms with Gasteiger partial charge in [0, 0.05) is 19.0 Å². The van der Waals surface area contributed by atoms with E-state index in [0.29, 0.717) is 12.5 Å². The van der Waals surface area contributed by atoms with Crippen molar-refractivity contribution in [2.45, 2.75) is 39.2 Å². The number of carbonyl (C=O) groups excluding carboxylic acids is 1. The SMILES string of the molecule is Cc1ccc(CN2CCC(C(=O)NC[C@@H](C)c3ccccc3)CC2)cc1. The summed E-state index contributed by atoms with van der Waals surface area (Å²) in [5.41, 5.74) is 3.93. The van der Waals surface area contributed by atoms with Crippen LogP contribution in [0.4, 0.5) is 0 Å². The van der Waals surface area contributed by atoms with Crippen molar-refractivity contribution in [1.29, 1.82) is 0 Å². The van der Waals surface area contributed by atoms with E-state index >= 15 is 0 Å². The zero-order valence-corrected chi connectivity index (χ0v) is 15.9. The molecule has 1 atom stereocenters. The number of benzene rings is 2. The lowest BCUT2D eigenvalue weighted by Gasteiger charge is -2.31. The highest BCUT2D eigenvalue weighted by molar-refractivity contribution is 5.78. The number of hydrogen-bond acceptors (Lipinski definition) is 2. The maximum atomic E-state index is 12.5. The lowest BCUT2D eigenvalue weighted by molar-refractivity contribution is -0.126. The summed E-state index contributed by atoms with van der Waals surface area (Å²) >= 11 is 0. The third-order valence-corrected chi connectivity index (χ3v) is 5.44. The first-order valence-electron chi connectivity index (χ1n) is 9.72. The van der Waals surface area contributed by atoms with E-state index in [9.17, 15) is 4.79 Å².